The lowest BCUT2D eigenvalue weighted by Crippen LogP contribution is -2.69. The van der Waals surface area contributed by atoms with Gasteiger partial charge in [-0.2, -0.15) is 0 Å². The van der Waals surface area contributed by atoms with E-state index in [1.54, 1.807) is 24.4 Å². The lowest BCUT2D eigenvalue weighted by molar-refractivity contribution is -0.385. The molecule has 0 spiro atoms. The van der Waals surface area contributed by atoms with E-state index in [0.29, 0.717) is 28.5 Å². The SMILES string of the molecule is COc1ccc(Cc2c[nH]c3cccc(O[C@]4(O)C(O)O[C@H](CO)[C@@H](O)[C@@H]4O)c23)cc1F. The molecule has 2 heterocycles. The Hall–Kier alpha value is -2.73. The van der Waals surface area contributed by atoms with E-state index in [1.165, 1.54) is 25.3 Å². The molecule has 4 rings (SSSR count). The van der Waals surface area contributed by atoms with Crippen molar-refractivity contribution in [1.29, 1.82) is 0 Å². The van der Waals surface area contributed by atoms with Crippen LogP contribution >= 0.6 is 0 Å². The molecule has 0 radical (unpaired) electrons. The van der Waals surface area contributed by atoms with E-state index >= 15 is 0 Å². The van der Waals surface area contributed by atoms with Gasteiger partial charge >= 0.3 is 0 Å². The Kier molecular flexibility index (Phi) is 6.08. The Labute approximate surface area is 182 Å². The number of H-pyrrole nitrogens is 1. The summed E-state index contributed by atoms with van der Waals surface area (Å²) in [6.45, 7) is -0.679. The van der Waals surface area contributed by atoms with Gasteiger partial charge in [0.25, 0.3) is 5.79 Å². The van der Waals surface area contributed by atoms with Gasteiger partial charge in [-0.3, -0.25) is 0 Å². The number of aliphatic hydroxyl groups is 5. The third-order valence-corrected chi connectivity index (χ3v) is 5.60. The number of aromatic nitrogens is 1. The van der Waals surface area contributed by atoms with Crippen molar-refractivity contribution in [2.24, 2.45) is 0 Å². The summed E-state index contributed by atoms with van der Waals surface area (Å²) in [5.74, 6) is -3.00. The molecule has 1 saturated heterocycles. The molecule has 172 valence electrons. The number of benzene rings is 2. The highest BCUT2D eigenvalue weighted by molar-refractivity contribution is 5.89. The number of hydrogen-bond acceptors (Lipinski definition) is 8. The topological polar surface area (TPSA) is 145 Å². The number of aromatic amines is 1. The number of fused-ring (bicyclic) bond motifs is 1. The van der Waals surface area contributed by atoms with Crippen LogP contribution in [0.2, 0.25) is 0 Å². The summed E-state index contributed by atoms with van der Waals surface area (Å²) in [6.07, 6.45) is -5.03. The molecule has 5 atom stereocenters. The Morgan fingerprint density at radius 2 is 1.94 bits per heavy atom. The third-order valence-electron chi connectivity index (χ3n) is 5.60. The molecule has 3 aromatic rings. The molecular formula is C22H24FNO8. The van der Waals surface area contributed by atoms with Gasteiger partial charge in [-0.1, -0.05) is 12.1 Å². The Balaban J connectivity index is 1.68. The van der Waals surface area contributed by atoms with Crippen molar-refractivity contribution in [1.82, 2.24) is 4.98 Å². The second kappa shape index (κ2) is 8.66. The Morgan fingerprint density at radius 1 is 1.16 bits per heavy atom. The van der Waals surface area contributed by atoms with Crippen molar-refractivity contribution < 1.29 is 44.1 Å². The molecule has 1 aliphatic heterocycles. The fourth-order valence-electron chi connectivity index (χ4n) is 3.86. The number of rotatable bonds is 6. The fourth-order valence-corrected chi connectivity index (χ4v) is 3.86. The average Bonchev–Trinajstić information content (AvgIpc) is 3.19. The van der Waals surface area contributed by atoms with Crippen molar-refractivity contribution >= 4 is 10.9 Å². The van der Waals surface area contributed by atoms with Crippen molar-refractivity contribution in [2.45, 2.75) is 36.8 Å². The van der Waals surface area contributed by atoms with E-state index in [0.717, 1.165) is 0 Å². The highest BCUT2D eigenvalue weighted by Crippen LogP contribution is 2.37. The van der Waals surface area contributed by atoms with Gasteiger partial charge in [0.2, 0.25) is 6.29 Å². The van der Waals surface area contributed by atoms with E-state index in [9.17, 15) is 29.9 Å². The number of hydrogen-bond donors (Lipinski definition) is 6. The molecule has 0 saturated carbocycles. The van der Waals surface area contributed by atoms with Gasteiger partial charge in [0, 0.05) is 17.1 Å². The monoisotopic (exact) mass is 449 g/mol. The smallest absolute Gasteiger partial charge is 0.288 e. The first-order chi connectivity index (χ1) is 15.3. The van der Waals surface area contributed by atoms with Crippen LogP contribution in [0.3, 0.4) is 0 Å². The number of methoxy groups -OCH3 is 1. The average molecular weight is 449 g/mol. The minimum Gasteiger partial charge on any atom is -0.494 e. The highest BCUT2D eigenvalue weighted by Gasteiger charge is 2.57. The van der Waals surface area contributed by atoms with Gasteiger partial charge in [0.15, 0.2) is 17.7 Å². The van der Waals surface area contributed by atoms with Crippen LogP contribution in [-0.2, 0) is 11.2 Å². The minimum absolute atomic E-state index is 0.0894. The van der Waals surface area contributed by atoms with Gasteiger partial charge in [0.05, 0.1) is 13.7 Å². The zero-order chi connectivity index (χ0) is 23.0. The lowest BCUT2D eigenvalue weighted by Gasteiger charge is -2.45. The molecule has 32 heavy (non-hydrogen) atoms. The van der Waals surface area contributed by atoms with Crippen molar-refractivity contribution in [3.8, 4) is 11.5 Å². The molecule has 10 heteroatoms. The molecule has 1 fully saturated rings. The zero-order valence-electron chi connectivity index (χ0n) is 17.1. The molecule has 0 bridgehead atoms. The van der Waals surface area contributed by atoms with Crippen LogP contribution in [0.5, 0.6) is 11.5 Å². The van der Waals surface area contributed by atoms with Gasteiger partial charge < -0.3 is 44.7 Å². The fraction of sp³-hybridized carbons (Fsp3) is 0.364. The van der Waals surface area contributed by atoms with Crippen LogP contribution in [0.25, 0.3) is 10.9 Å². The van der Waals surface area contributed by atoms with Crippen LogP contribution < -0.4 is 9.47 Å². The second-order valence-corrected chi connectivity index (χ2v) is 7.64. The second-order valence-electron chi connectivity index (χ2n) is 7.64. The van der Waals surface area contributed by atoms with E-state index in [1.807, 2.05) is 0 Å². The van der Waals surface area contributed by atoms with Crippen LogP contribution in [0, 0.1) is 5.82 Å². The third kappa shape index (κ3) is 3.81. The summed E-state index contributed by atoms with van der Waals surface area (Å²) < 4.78 is 29.7. The van der Waals surface area contributed by atoms with Gasteiger partial charge in [0.1, 0.15) is 18.0 Å². The normalized spacial score (nSPS) is 28.1. The molecule has 9 nitrogen and oxygen atoms in total. The molecule has 1 aromatic heterocycles. The summed E-state index contributed by atoms with van der Waals surface area (Å²) in [4.78, 5) is 3.06. The first-order valence-corrected chi connectivity index (χ1v) is 9.91. The lowest BCUT2D eigenvalue weighted by atomic mass is 9.95. The van der Waals surface area contributed by atoms with Gasteiger partial charge in [-0.05, 0) is 41.8 Å². The van der Waals surface area contributed by atoms with Crippen LogP contribution in [-0.4, -0.2) is 74.6 Å². The predicted octanol–water partition coefficient (Wildman–Crippen LogP) is 0.405. The standard InChI is InChI=1S/C22H24FNO8/c1-30-15-6-5-11(8-13(15)23)7-12-9-24-14-3-2-4-16(18(12)14)32-22(29)20(27)19(26)17(10-25)31-21(22)28/h2-6,8-9,17,19-21,24-29H,7,10H2,1H3/t17-,19-,20+,21?,22+/m1/s1. The summed E-state index contributed by atoms with van der Waals surface area (Å²) >= 11 is 0. The first-order valence-electron chi connectivity index (χ1n) is 9.91. The van der Waals surface area contributed by atoms with Crippen molar-refractivity contribution in [3.05, 3.63) is 59.5 Å². The summed E-state index contributed by atoms with van der Waals surface area (Å²) in [6, 6.07) is 9.48. The quantitative estimate of drug-likeness (QED) is 0.297. The largest absolute Gasteiger partial charge is 0.494 e. The van der Waals surface area contributed by atoms with Crippen LogP contribution in [0.4, 0.5) is 4.39 Å². The number of ether oxygens (including phenoxy) is 3. The van der Waals surface area contributed by atoms with E-state index < -0.39 is 42.8 Å². The maximum atomic E-state index is 14.1. The Morgan fingerprint density at radius 3 is 2.62 bits per heavy atom. The maximum Gasteiger partial charge on any atom is 0.288 e. The van der Waals surface area contributed by atoms with Gasteiger partial charge in [-0.15, -0.1) is 0 Å². The minimum atomic E-state index is -2.71. The first kappa shape index (κ1) is 22.5. The van der Waals surface area contributed by atoms with Gasteiger partial charge in [-0.25, -0.2) is 4.39 Å². The maximum absolute atomic E-state index is 14.1. The molecule has 1 unspecified atom stereocenters. The molecule has 2 aromatic carbocycles. The van der Waals surface area contributed by atoms with Crippen molar-refractivity contribution in [2.75, 3.05) is 13.7 Å². The molecule has 0 aliphatic carbocycles. The number of nitrogens with one attached hydrogen (secondary N) is 1. The summed E-state index contributed by atoms with van der Waals surface area (Å²) in [7, 11) is 1.38. The molecular weight excluding hydrogens is 425 g/mol. The van der Waals surface area contributed by atoms with Crippen molar-refractivity contribution in [3.63, 3.8) is 0 Å². The van der Waals surface area contributed by atoms with E-state index in [4.69, 9.17) is 14.2 Å². The molecule has 6 N–H and O–H groups in total. The predicted molar refractivity (Wildman–Crippen MR) is 110 cm³/mol. The Bertz CT molecular complexity index is 1100. The zero-order valence-corrected chi connectivity index (χ0v) is 17.1. The van der Waals surface area contributed by atoms with Crippen LogP contribution in [0.15, 0.2) is 42.6 Å². The molecule has 1 aliphatic rings. The van der Waals surface area contributed by atoms with E-state index in [-0.39, 0.29) is 11.5 Å². The number of aliphatic hydroxyl groups excluding tert-OH is 4. The van der Waals surface area contributed by atoms with Crippen LogP contribution in [0.1, 0.15) is 11.1 Å². The number of halogens is 1. The van der Waals surface area contributed by atoms with E-state index in [2.05, 4.69) is 4.98 Å². The highest BCUT2D eigenvalue weighted by atomic mass is 19.1. The summed E-state index contributed by atoms with van der Waals surface area (Å²) in [5, 5.41) is 51.4. The summed E-state index contributed by atoms with van der Waals surface area (Å²) in [5.41, 5.74) is 1.97. The molecule has 0 amide bonds.